The van der Waals surface area contributed by atoms with Crippen molar-refractivity contribution in [1.29, 1.82) is 0 Å². The highest BCUT2D eigenvalue weighted by Crippen LogP contribution is 2.45. The summed E-state index contributed by atoms with van der Waals surface area (Å²) in [7, 11) is 1.77. The van der Waals surface area contributed by atoms with Gasteiger partial charge in [-0.25, -0.2) is 14.4 Å². The molecule has 0 radical (unpaired) electrons. The first kappa shape index (κ1) is 19.2. The fourth-order valence-electron chi connectivity index (χ4n) is 4.74. The van der Waals surface area contributed by atoms with Gasteiger partial charge in [0.05, 0.1) is 22.7 Å². The van der Waals surface area contributed by atoms with Crippen molar-refractivity contribution in [2.24, 2.45) is 11.8 Å². The Kier molecular flexibility index (Phi) is 4.34. The highest BCUT2D eigenvalue weighted by molar-refractivity contribution is 8.00. The fraction of sp³-hybridized carbons (Fsp3) is 0.400. The predicted octanol–water partition coefficient (Wildman–Crippen LogP) is 3.42. The zero-order valence-corrected chi connectivity index (χ0v) is 18.5. The molecule has 1 aliphatic heterocycles. The van der Waals surface area contributed by atoms with E-state index >= 15 is 0 Å². The molecular formula is C20H20FN7OS2. The summed E-state index contributed by atoms with van der Waals surface area (Å²) in [5, 5.41) is 24.5. The van der Waals surface area contributed by atoms with Crippen molar-refractivity contribution in [3.05, 3.63) is 23.0 Å². The van der Waals surface area contributed by atoms with Crippen LogP contribution in [0.4, 0.5) is 15.9 Å². The monoisotopic (exact) mass is 457 g/mol. The molecule has 6 rings (SSSR count). The quantitative estimate of drug-likeness (QED) is 0.401. The van der Waals surface area contributed by atoms with Crippen LogP contribution in [0.3, 0.4) is 0 Å². The number of H-pyrrole nitrogens is 1. The van der Waals surface area contributed by atoms with Crippen LogP contribution < -0.4 is 10.2 Å². The van der Waals surface area contributed by atoms with Crippen LogP contribution in [0.15, 0.2) is 21.6 Å². The Bertz CT molecular complexity index is 1320. The Morgan fingerprint density at radius 2 is 2.16 bits per heavy atom. The Balaban J connectivity index is 1.54. The second-order valence-electron chi connectivity index (χ2n) is 8.13. The average molecular weight is 458 g/mol. The number of benzene rings is 1. The van der Waals surface area contributed by atoms with Crippen LogP contribution >= 0.6 is 23.1 Å². The third kappa shape index (κ3) is 3.06. The molecule has 2 fully saturated rings. The van der Waals surface area contributed by atoms with Gasteiger partial charge in [-0.1, -0.05) is 11.3 Å². The molecular weight excluding hydrogens is 437 g/mol. The van der Waals surface area contributed by atoms with Crippen LogP contribution in [0.25, 0.3) is 21.9 Å². The Hall–Kier alpha value is -2.50. The lowest BCUT2D eigenvalue weighted by Crippen LogP contribution is -2.39. The normalized spacial score (nSPS) is 22.8. The Morgan fingerprint density at radius 1 is 1.29 bits per heavy atom. The summed E-state index contributed by atoms with van der Waals surface area (Å²) in [4.78, 5) is 15.2. The number of fused-ring (bicyclic) bond motifs is 4. The molecule has 2 aliphatic rings. The number of nitrogens with zero attached hydrogens (tertiary/aromatic N) is 5. The summed E-state index contributed by atoms with van der Waals surface area (Å²) in [6, 6.07) is 3.00. The van der Waals surface area contributed by atoms with Gasteiger partial charge in [-0.05, 0) is 43.2 Å². The van der Waals surface area contributed by atoms with Crippen molar-refractivity contribution in [2.45, 2.75) is 28.9 Å². The molecule has 3 N–H and O–H groups in total. The van der Waals surface area contributed by atoms with E-state index in [1.54, 1.807) is 7.05 Å². The maximum absolute atomic E-state index is 14.4. The van der Waals surface area contributed by atoms with Gasteiger partial charge in [0.15, 0.2) is 9.50 Å². The minimum atomic E-state index is -0.316. The van der Waals surface area contributed by atoms with Crippen molar-refractivity contribution < 1.29 is 9.50 Å². The number of halogens is 1. The van der Waals surface area contributed by atoms with E-state index in [4.69, 9.17) is 9.97 Å². The second kappa shape index (κ2) is 7.01. The van der Waals surface area contributed by atoms with Gasteiger partial charge in [0, 0.05) is 31.4 Å². The summed E-state index contributed by atoms with van der Waals surface area (Å²) < 4.78 is 15.2. The number of anilines is 2. The van der Waals surface area contributed by atoms with E-state index in [1.807, 2.05) is 6.92 Å². The number of hydrogen-bond acceptors (Lipinski definition) is 9. The number of aliphatic hydroxyl groups excluding tert-OH is 1. The standard InChI is InChI=1S/C20H20FN7OS2/c1-8-26-27-20(30-8)31-19-24-17-15(11-4-10(21)5-13(22-2)16(11)23-17)18(25-19)28-6-9-3-14(29)12(9)7-28/h4-5,9,12,14,22,29H,3,6-7H2,1-2H3,(H,23,24,25)/t9?,12?,14-/m1/s1. The first-order valence-corrected chi connectivity index (χ1v) is 11.7. The van der Waals surface area contributed by atoms with Crippen LogP contribution in [0.1, 0.15) is 11.4 Å². The van der Waals surface area contributed by atoms with Gasteiger partial charge in [0.1, 0.15) is 22.3 Å². The molecule has 1 aromatic carbocycles. The molecule has 11 heteroatoms. The smallest absolute Gasteiger partial charge is 0.198 e. The minimum absolute atomic E-state index is 0.248. The van der Waals surface area contributed by atoms with Crippen molar-refractivity contribution in [1.82, 2.24) is 25.1 Å². The topological polar surface area (TPSA) is 103 Å². The number of aromatic nitrogens is 5. The lowest BCUT2D eigenvalue weighted by atomic mass is 9.74. The molecule has 0 bridgehead atoms. The van der Waals surface area contributed by atoms with E-state index in [0.717, 1.165) is 51.0 Å². The van der Waals surface area contributed by atoms with E-state index in [0.29, 0.717) is 22.4 Å². The van der Waals surface area contributed by atoms with Crippen LogP contribution in [-0.2, 0) is 0 Å². The second-order valence-corrected chi connectivity index (χ2v) is 10.5. The van der Waals surface area contributed by atoms with E-state index < -0.39 is 0 Å². The zero-order chi connectivity index (χ0) is 21.3. The Labute approximate surface area is 185 Å². The third-order valence-electron chi connectivity index (χ3n) is 6.27. The average Bonchev–Trinajstić information content (AvgIpc) is 3.41. The molecule has 0 spiro atoms. The minimum Gasteiger partial charge on any atom is -0.393 e. The van der Waals surface area contributed by atoms with E-state index in [-0.39, 0.29) is 17.8 Å². The van der Waals surface area contributed by atoms with Crippen molar-refractivity contribution in [2.75, 3.05) is 30.4 Å². The molecule has 1 aliphatic carbocycles. The molecule has 160 valence electrons. The molecule has 1 saturated heterocycles. The van der Waals surface area contributed by atoms with Gasteiger partial charge >= 0.3 is 0 Å². The molecule has 1 saturated carbocycles. The lowest BCUT2D eigenvalue weighted by molar-refractivity contribution is -0.00398. The number of aryl methyl sites for hydroxylation is 1. The van der Waals surface area contributed by atoms with Crippen molar-refractivity contribution in [3.63, 3.8) is 0 Å². The molecule has 2 unspecified atom stereocenters. The molecule has 0 amide bonds. The van der Waals surface area contributed by atoms with Crippen LogP contribution in [0.5, 0.6) is 0 Å². The van der Waals surface area contributed by atoms with Crippen LogP contribution in [0.2, 0.25) is 0 Å². The first-order chi connectivity index (χ1) is 15.0. The summed E-state index contributed by atoms with van der Waals surface area (Å²) in [6.07, 6.45) is 0.579. The van der Waals surface area contributed by atoms with E-state index in [9.17, 15) is 9.50 Å². The van der Waals surface area contributed by atoms with E-state index in [1.165, 1.54) is 35.2 Å². The highest BCUT2D eigenvalue weighted by Gasteiger charge is 2.47. The van der Waals surface area contributed by atoms with Crippen molar-refractivity contribution in [3.8, 4) is 0 Å². The summed E-state index contributed by atoms with van der Waals surface area (Å²) in [6.45, 7) is 3.48. The number of nitrogens with one attached hydrogen (secondary N) is 2. The number of aliphatic hydroxyl groups is 1. The van der Waals surface area contributed by atoms with Crippen LogP contribution in [-0.4, -0.2) is 56.5 Å². The summed E-state index contributed by atoms with van der Waals surface area (Å²) in [5.74, 6) is 1.19. The van der Waals surface area contributed by atoms with Gasteiger partial charge < -0.3 is 20.3 Å². The SMILES string of the molecule is CNc1cc(F)cc2c1[nH]c1nc(Sc3nnc(C)s3)nc(N3CC4C[C@@H](O)C4C3)c12. The van der Waals surface area contributed by atoms with E-state index in [2.05, 4.69) is 25.4 Å². The Morgan fingerprint density at radius 3 is 2.87 bits per heavy atom. The van der Waals surface area contributed by atoms with Crippen LogP contribution in [0, 0.1) is 24.6 Å². The first-order valence-electron chi connectivity index (χ1n) is 10.1. The molecule has 31 heavy (non-hydrogen) atoms. The maximum atomic E-state index is 14.4. The zero-order valence-electron chi connectivity index (χ0n) is 16.9. The third-order valence-corrected chi connectivity index (χ3v) is 8.03. The van der Waals surface area contributed by atoms with Gasteiger partial charge in [-0.2, -0.15) is 0 Å². The van der Waals surface area contributed by atoms with Gasteiger partial charge in [-0.15, -0.1) is 10.2 Å². The molecule has 4 heterocycles. The highest BCUT2D eigenvalue weighted by atomic mass is 32.2. The molecule has 3 aromatic heterocycles. The number of hydrogen-bond donors (Lipinski definition) is 3. The van der Waals surface area contributed by atoms with Gasteiger partial charge in [0.25, 0.3) is 0 Å². The van der Waals surface area contributed by atoms with Gasteiger partial charge in [-0.3, -0.25) is 0 Å². The molecule has 3 atom stereocenters. The molecule has 4 aromatic rings. The molecule has 8 nitrogen and oxygen atoms in total. The fourth-order valence-corrected chi connectivity index (χ4v) is 6.41. The lowest BCUT2D eigenvalue weighted by Gasteiger charge is -2.34. The number of rotatable bonds is 4. The maximum Gasteiger partial charge on any atom is 0.198 e. The summed E-state index contributed by atoms with van der Waals surface area (Å²) in [5.41, 5.74) is 2.13. The summed E-state index contributed by atoms with van der Waals surface area (Å²) >= 11 is 2.87. The largest absolute Gasteiger partial charge is 0.393 e. The predicted molar refractivity (Wildman–Crippen MR) is 119 cm³/mol. The van der Waals surface area contributed by atoms with Gasteiger partial charge in [0.2, 0.25) is 0 Å². The van der Waals surface area contributed by atoms with Crippen molar-refractivity contribution >= 4 is 56.5 Å². The number of aromatic amines is 1.